The van der Waals surface area contributed by atoms with E-state index >= 15 is 0 Å². The third-order valence-electron chi connectivity index (χ3n) is 6.72. The Balaban J connectivity index is 1.66. The normalized spacial score (nSPS) is 13.4. The molecule has 1 aliphatic rings. The smallest absolute Gasteiger partial charge is 0.410 e. The largest absolute Gasteiger partial charge is 0.496 e. The van der Waals surface area contributed by atoms with E-state index in [2.05, 4.69) is 6.07 Å². The van der Waals surface area contributed by atoms with Crippen molar-refractivity contribution < 1.29 is 24.2 Å². The molecule has 1 N–H and O–H groups in total. The molecule has 0 atom stereocenters. The van der Waals surface area contributed by atoms with E-state index in [9.17, 15) is 14.7 Å². The highest BCUT2D eigenvalue weighted by molar-refractivity contribution is 5.77. The van der Waals surface area contributed by atoms with Crippen molar-refractivity contribution >= 4 is 12.1 Å². The van der Waals surface area contributed by atoms with Gasteiger partial charge in [0.05, 0.1) is 13.5 Å². The minimum atomic E-state index is -0.885. The maximum absolute atomic E-state index is 13.4. The first kappa shape index (κ1) is 25.3. The van der Waals surface area contributed by atoms with Crippen LogP contribution in [0, 0.1) is 6.92 Å². The van der Waals surface area contributed by atoms with Gasteiger partial charge in [0.25, 0.3) is 0 Å². The predicted octanol–water partition coefficient (Wildman–Crippen LogP) is 6.38. The van der Waals surface area contributed by atoms with E-state index in [-0.39, 0.29) is 25.2 Å². The molecular weight excluding hydrogens is 454 g/mol. The van der Waals surface area contributed by atoms with E-state index in [1.54, 1.807) is 19.2 Å². The Morgan fingerprint density at radius 3 is 2.39 bits per heavy atom. The number of methoxy groups -OCH3 is 1. The monoisotopic (exact) mass is 487 g/mol. The van der Waals surface area contributed by atoms with Crippen LogP contribution in [0.15, 0.2) is 66.7 Å². The molecule has 36 heavy (non-hydrogen) atoms. The Morgan fingerprint density at radius 1 is 0.944 bits per heavy atom. The minimum absolute atomic E-state index is 0.0712. The van der Waals surface area contributed by atoms with Gasteiger partial charge >= 0.3 is 12.1 Å². The standard InChI is InChI=1S/C30H33NO5/c1-21-12-14-26(27-17-23(18-29(32)33)13-15-28(27)35-2)24(16-21)19-31(25-10-6-7-11-25)30(34)36-20-22-8-4-3-5-9-22/h3-5,8-9,12-17,25H,6-7,10-11,18-20H2,1-2H3,(H,32,33). The number of amides is 1. The van der Waals surface area contributed by atoms with Crippen molar-refractivity contribution in [3.63, 3.8) is 0 Å². The van der Waals surface area contributed by atoms with Crippen molar-refractivity contribution in [1.29, 1.82) is 0 Å². The van der Waals surface area contributed by atoms with Crippen molar-refractivity contribution in [2.45, 2.75) is 58.2 Å². The second-order valence-corrected chi connectivity index (χ2v) is 9.37. The number of ether oxygens (including phenoxy) is 2. The zero-order chi connectivity index (χ0) is 25.5. The second kappa shape index (κ2) is 11.8. The number of carbonyl (C=O) groups is 2. The highest BCUT2D eigenvalue weighted by Gasteiger charge is 2.29. The average Bonchev–Trinajstić information content (AvgIpc) is 3.41. The van der Waals surface area contributed by atoms with Gasteiger partial charge in [-0.05, 0) is 54.2 Å². The minimum Gasteiger partial charge on any atom is -0.496 e. The van der Waals surface area contributed by atoms with Gasteiger partial charge < -0.3 is 19.5 Å². The van der Waals surface area contributed by atoms with Gasteiger partial charge in [-0.15, -0.1) is 0 Å². The number of carboxylic acid groups (broad SMARTS) is 1. The lowest BCUT2D eigenvalue weighted by Crippen LogP contribution is -2.38. The molecule has 1 saturated carbocycles. The first-order chi connectivity index (χ1) is 17.4. The zero-order valence-corrected chi connectivity index (χ0v) is 20.9. The van der Waals surface area contributed by atoms with Crippen LogP contribution >= 0.6 is 0 Å². The molecule has 0 unspecified atom stereocenters. The summed E-state index contributed by atoms with van der Waals surface area (Å²) < 4.78 is 11.4. The van der Waals surface area contributed by atoms with Crippen molar-refractivity contribution in [3.8, 4) is 16.9 Å². The maximum Gasteiger partial charge on any atom is 0.410 e. The number of carbonyl (C=O) groups excluding carboxylic acids is 1. The molecule has 0 heterocycles. The zero-order valence-electron chi connectivity index (χ0n) is 20.9. The lowest BCUT2D eigenvalue weighted by Gasteiger charge is -2.29. The summed E-state index contributed by atoms with van der Waals surface area (Å²) in [5, 5.41) is 9.29. The van der Waals surface area contributed by atoms with Gasteiger partial charge in [-0.2, -0.15) is 0 Å². The summed E-state index contributed by atoms with van der Waals surface area (Å²) in [6.07, 6.45) is 3.72. The van der Waals surface area contributed by atoms with E-state index in [1.165, 1.54) is 0 Å². The molecule has 0 aromatic heterocycles. The molecule has 3 aromatic carbocycles. The fraction of sp³-hybridized carbons (Fsp3) is 0.333. The predicted molar refractivity (Wildman–Crippen MR) is 139 cm³/mol. The number of aryl methyl sites for hydroxylation is 1. The van der Waals surface area contributed by atoms with Crippen LogP contribution < -0.4 is 4.74 Å². The van der Waals surface area contributed by atoms with E-state index in [0.29, 0.717) is 17.9 Å². The number of rotatable bonds is 9. The quantitative estimate of drug-likeness (QED) is 0.379. The van der Waals surface area contributed by atoms with E-state index in [4.69, 9.17) is 9.47 Å². The average molecular weight is 488 g/mol. The number of hydrogen-bond acceptors (Lipinski definition) is 4. The Bertz CT molecular complexity index is 1200. The van der Waals surface area contributed by atoms with E-state index < -0.39 is 5.97 Å². The lowest BCUT2D eigenvalue weighted by atomic mass is 9.94. The molecule has 188 valence electrons. The third kappa shape index (κ3) is 6.25. The molecule has 0 saturated heterocycles. The van der Waals surface area contributed by atoms with Crippen molar-refractivity contribution in [2.24, 2.45) is 0 Å². The van der Waals surface area contributed by atoms with Gasteiger partial charge in [-0.1, -0.05) is 73.0 Å². The summed E-state index contributed by atoms with van der Waals surface area (Å²) in [4.78, 5) is 26.5. The first-order valence-electron chi connectivity index (χ1n) is 12.4. The van der Waals surface area contributed by atoms with Crippen molar-refractivity contribution in [3.05, 3.63) is 89.0 Å². The Labute approximate surface area is 212 Å². The molecule has 0 bridgehead atoms. The van der Waals surface area contributed by atoms with Gasteiger partial charge in [-0.25, -0.2) is 4.79 Å². The molecule has 6 heteroatoms. The number of hydrogen-bond donors (Lipinski definition) is 1. The highest BCUT2D eigenvalue weighted by Crippen LogP contribution is 2.36. The molecule has 1 aliphatic carbocycles. The van der Waals surface area contributed by atoms with Crippen LogP contribution in [0.1, 0.15) is 47.9 Å². The molecule has 4 rings (SSSR count). The SMILES string of the molecule is COc1ccc(CC(=O)O)cc1-c1ccc(C)cc1CN(C(=O)OCc1ccccc1)C1CCCC1. The van der Waals surface area contributed by atoms with Crippen molar-refractivity contribution in [1.82, 2.24) is 4.90 Å². The molecule has 3 aromatic rings. The van der Waals surface area contributed by atoms with Crippen LogP contribution in [-0.4, -0.2) is 35.2 Å². The second-order valence-electron chi connectivity index (χ2n) is 9.37. The van der Waals surface area contributed by atoms with Gasteiger partial charge in [0.1, 0.15) is 12.4 Å². The number of aliphatic carboxylic acids is 1. The number of benzene rings is 3. The van der Waals surface area contributed by atoms with Gasteiger partial charge in [0.15, 0.2) is 0 Å². The molecule has 1 amide bonds. The number of carboxylic acids is 1. The maximum atomic E-state index is 13.4. The van der Waals surface area contributed by atoms with Crippen LogP contribution in [0.5, 0.6) is 5.75 Å². The summed E-state index contributed by atoms with van der Waals surface area (Å²) in [7, 11) is 1.61. The number of nitrogens with zero attached hydrogens (tertiary/aromatic N) is 1. The third-order valence-corrected chi connectivity index (χ3v) is 6.72. The lowest BCUT2D eigenvalue weighted by molar-refractivity contribution is -0.136. The molecule has 6 nitrogen and oxygen atoms in total. The molecule has 0 radical (unpaired) electrons. The Hall–Kier alpha value is -3.80. The van der Waals surface area contributed by atoms with Crippen molar-refractivity contribution in [2.75, 3.05) is 7.11 Å². The summed E-state index contributed by atoms with van der Waals surface area (Å²) in [6.45, 7) is 2.66. The molecule has 0 spiro atoms. The van der Waals surface area contributed by atoms with Crippen LogP contribution in [0.25, 0.3) is 11.1 Å². The summed E-state index contributed by atoms with van der Waals surface area (Å²) >= 11 is 0. The van der Waals surface area contributed by atoms with E-state index in [1.807, 2.05) is 60.4 Å². The molecule has 0 aliphatic heterocycles. The topological polar surface area (TPSA) is 76.1 Å². The van der Waals surface area contributed by atoms with Crippen LogP contribution in [-0.2, 0) is 29.1 Å². The van der Waals surface area contributed by atoms with Gasteiger partial charge in [0.2, 0.25) is 0 Å². The van der Waals surface area contributed by atoms with Gasteiger partial charge in [-0.3, -0.25) is 4.79 Å². The van der Waals surface area contributed by atoms with Gasteiger partial charge in [0, 0.05) is 18.2 Å². The Morgan fingerprint density at radius 2 is 1.69 bits per heavy atom. The molecular formula is C30H33NO5. The summed E-state index contributed by atoms with van der Waals surface area (Å²) in [5.41, 5.74) is 5.44. The van der Waals surface area contributed by atoms with Crippen LogP contribution in [0.4, 0.5) is 4.79 Å². The first-order valence-corrected chi connectivity index (χ1v) is 12.4. The molecule has 1 fully saturated rings. The highest BCUT2D eigenvalue weighted by atomic mass is 16.6. The Kier molecular flexibility index (Phi) is 8.26. The van der Waals surface area contributed by atoms with E-state index in [0.717, 1.165) is 53.5 Å². The summed E-state index contributed by atoms with van der Waals surface area (Å²) in [6, 6.07) is 21.4. The fourth-order valence-corrected chi connectivity index (χ4v) is 4.91. The van der Waals surface area contributed by atoms with Crippen LogP contribution in [0.2, 0.25) is 0 Å². The summed E-state index contributed by atoms with van der Waals surface area (Å²) in [5.74, 6) is -0.225. The van der Waals surface area contributed by atoms with Crippen LogP contribution in [0.3, 0.4) is 0 Å². The fourth-order valence-electron chi connectivity index (χ4n) is 4.91.